The number of fused-ring (bicyclic) bond motifs is 2. The van der Waals surface area contributed by atoms with Crippen LogP contribution in [0, 0.1) is 5.82 Å². The third-order valence-electron chi connectivity index (χ3n) is 7.09. The van der Waals surface area contributed by atoms with E-state index in [1.165, 1.54) is 11.0 Å². The number of piperazine rings is 1. The average molecular weight is 541 g/mol. The maximum atomic E-state index is 14.7. The van der Waals surface area contributed by atoms with E-state index in [4.69, 9.17) is 0 Å². The van der Waals surface area contributed by atoms with Crippen LogP contribution in [0.25, 0.3) is 0 Å². The minimum Gasteiger partial charge on any atom is -0.353 e. The van der Waals surface area contributed by atoms with Crippen LogP contribution in [0.15, 0.2) is 101 Å². The summed E-state index contributed by atoms with van der Waals surface area (Å²) in [6.45, 7) is 2.25. The highest BCUT2D eigenvalue weighted by molar-refractivity contribution is 7.85. The molecule has 2 aliphatic heterocycles. The number of carbonyl (C=O) groups excluding carboxylic acids is 2. The van der Waals surface area contributed by atoms with Crippen molar-refractivity contribution < 1.29 is 18.2 Å². The van der Waals surface area contributed by atoms with Crippen LogP contribution >= 0.6 is 0 Å². The quantitative estimate of drug-likeness (QED) is 0.381. The first kappa shape index (κ1) is 24.9. The minimum atomic E-state index is -1.66. The van der Waals surface area contributed by atoms with Crippen LogP contribution in [-0.4, -0.2) is 52.1 Å². The number of hydrogen-bond donors (Lipinski definition) is 0. The van der Waals surface area contributed by atoms with Crippen LogP contribution in [0.2, 0.25) is 0 Å². The summed E-state index contributed by atoms with van der Waals surface area (Å²) in [5, 5.41) is 0. The molecule has 0 radical (unpaired) electrons. The monoisotopic (exact) mass is 540 g/mol. The van der Waals surface area contributed by atoms with Crippen molar-refractivity contribution >= 4 is 34.1 Å². The Hall–Kier alpha value is -4.37. The van der Waals surface area contributed by atoms with Gasteiger partial charge < -0.3 is 14.7 Å². The molecule has 0 bridgehead atoms. The first-order chi connectivity index (χ1) is 19.0. The molecule has 0 spiro atoms. The van der Waals surface area contributed by atoms with Crippen LogP contribution in [0.4, 0.5) is 15.9 Å². The van der Waals surface area contributed by atoms with Gasteiger partial charge in [-0.3, -0.25) is 9.59 Å². The second-order valence-corrected chi connectivity index (χ2v) is 10.8. The lowest BCUT2D eigenvalue weighted by Gasteiger charge is -2.35. The highest BCUT2D eigenvalue weighted by Crippen LogP contribution is 2.36. The van der Waals surface area contributed by atoms with Crippen LogP contribution in [0.5, 0.6) is 0 Å². The van der Waals surface area contributed by atoms with Gasteiger partial charge in [0.2, 0.25) is 0 Å². The van der Waals surface area contributed by atoms with E-state index in [0.717, 1.165) is 5.82 Å². The summed E-state index contributed by atoms with van der Waals surface area (Å²) in [6.07, 6.45) is 1.75. The lowest BCUT2D eigenvalue weighted by atomic mass is 10.1. The van der Waals surface area contributed by atoms with Gasteiger partial charge in [0, 0.05) is 43.5 Å². The Morgan fingerprint density at radius 1 is 0.872 bits per heavy atom. The van der Waals surface area contributed by atoms with Crippen LogP contribution in [0.1, 0.15) is 26.3 Å². The Labute approximate surface area is 228 Å². The number of aromatic nitrogens is 1. The molecule has 6 rings (SSSR count). The number of anilines is 2. The van der Waals surface area contributed by atoms with Crippen molar-refractivity contribution in [3.05, 3.63) is 114 Å². The van der Waals surface area contributed by atoms with Gasteiger partial charge in [0.15, 0.2) is 0 Å². The average Bonchev–Trinajstić information content (AvgIpc) is 3.07. The van der Waals surface area contributed by atoms with Crippen molar-refractivity contribution in [1.29, 1.82) is 0 Å². The molecular weight excluding hydrogens is 515 g/mol. The highest BCUT2D eigenvalue weighted by Gasteiger charge is 2.33. The molecule has 0 N–H and O–H groups in total. The van der Waals surface area contributed by atoms with Crippen LogP contribution in [-0.2, 0) is 17.3 Å². The molecule has 1 atom stereocenters. The van der Waals surface area contributed by atoms with Gasteiger partial charge in [0.1, 0.15) is 11.6 Å². The van der Waals surface area contributed by atoms with Crippen molar-refractivity contribution in [2.75, 3.05) is 36.0 Å². The summed E-state index contributed by atoms with van der Waals surface area (Å²) in [7, 11) is -1.66. The summed E-state index contributed by atoms with van der Waals surface area (Å²) < 4.78 is 28.3. The summed E-state index contributed by atoms with van der Waals surface area (Å²) >= 11 is 0. The molecule has 7 nitrogen and oxygen atoms in total. The molecule has 3 aromatic carbocycles. The Bertz CT molecular complexity index is 1590. The fraction of sp³-hybridized carbons (Fsp3) is 0.167. The number of pyridine rings is 1. The van der Waals surface area contributed by atoms with Crippen molar-refractivity contribution in [2.45, 2.75) is 16.3 Å². The van der Waals surface area contributed by atoms with E-state index in [9.17, 15) is 18.2 Å². The molecule has 9 heteroatoms. The number of amides is 2. The van der Waals surface area contributed by atoms with Gasteiger partial charge in [-0.1, -0.05) is 36.4 Å². The number of hydrogen-bond acceptors (Lipinski definition) is 5. The Morgan fingerprint density at radius 3 is 2.38 bits per heavy atom. The fourth-order valence-corrected chi connectivity index (χ4v) is 6.36. The number of nitrogens with zero attached hydrogens (tertiary/aromatic N) is 4. The first-order valence-corrected chi connectivity index (χ1v) is 13.8. The van der Waals surface area contributed by atoms with E-state index >= 15 is 0 Å². The molecule has 0 aliphatic carbocycles. The van der Waals surface area contributed by atoms with Gasteiger partial charge in [-0.15, -0.1) is 0 Å². The number of rotatable bonds is 4. The molecule has 2 amide bonds. The lowest BCUT2D eigenvalue weighted by molar-refractivity contribution is 0.0746. The molecule has 1 aromatic heterocycles. The number of benzene rings is 3. The third-order valence-corrected chi connectivity index (χ3v) is 8.59. The lowest BCUT2D eigenvalue weighted by Crippen LogP contribution is -2.49. The van der Waals surface area contributed by atoms with E-state index < -0.39 is 22.5 Å². The smallest absolute Gasteiger partial charge is 0.259 e. The largest absolute Gasteiger partial charge is 0.353 e. The normalized spacial score (nSPS) is 16.9. The number of carbonyl (C=O) groups is 2. The molecule has 0 saturated carbocycles. The highest BCUT2D eigenvalue weighted by atomic mass is 32.2. The van der Waals surface area contributed by atoms with Crippen LogP contribution < -0.4 is 9.80 Å². The minimum absolute atomic E-state index is 0.0650. The molecular formula is C30H25FN4O3S. The van der Waals surface area contributed by atoms with E-state index in [0.29, 0.717) is 58.3 Å². The van der Waals surface area contributed by atoms with Gasteiger partial charge in [-0.05, 0) is 48.5 Å². The zero-order valence-corrected chi connectivity index (χ0v) is 21.8. The second-order valence-electron chi connectivity index (χ2n) is 9.40. The zero-order chi connectivity index (χ0) is 26.9. The molecule has 39 heavy (non-hydrogen) atoms. The van der Waals surface area contributed by atoms with Crippen molar-refractivity contribution in [2.24, 2.45) is 0 Å². The van der Waals surface area contributed by atoms with Crippen molar-refractivity contribution in [3.8, 4) is 0 Å². The van der Waals surface area contributed by atoms with Gasteiger partial charge in [0.25, 0.3) is 11.8 Å². The second kappa shape index (κ2) is 10.4. The summed E-state index contributed by atoms with van der Waals surface area (Å²) in [4.78, 5) is 37.9. The number of halogens is 1. The zero-order valence-electron chi connectivity index (χ0n) is 21.0. The SMILES string of the molecule is O=C(c1ccc2c(c1)N(Cc1ccccc1F)C(=O)c1ccccc1S2=O)N1CCN(c2ccccn2)CC1. The predicted molar refractivity (Wildman–Crippen MR) is 147 cm³/mol. The van der Waals surface area contributed by atoms with E-state index in [2.05, 4.69) is 9.88 Å². The summed E-state index contributed by atoms with van der Waals surface area (Å²) in [6, 6.07) is 23.7. The Morgan fingerprint density at radius 2 is 1.62 bits per heavy atom. The molecule has 196 valence electrons. The molecule has 2 aliphatic rings. The fourth-order valence-electron chi connectivity index (χ4n) is 5.01. The summed E-state index contributed by atoms with van der Waals surface area (Å²) in [5.74, 6) is -0.138. The van der Waals surface area contributed by atoms with Crippen LogP contribution in [0.3, 0.4) is 0 Å². The van der Waals surface area contributed by atoms with Gasteiger partial charge in [0.05, 0.1) is 38.4 Å². The third kappa shape index (κ3) is 4.70. The van der Waals surface area contributed by atoms with E-state index in [-0.39, 0.29) is 12.5 Å². The van der Waals surface area contributed by atoms with E-state index in [1.807, 2.05) is 18.2 Å². The molecule has 1 saturated heterocycles. The topological polar surface area (TPSA) is 73.8 Å². The van der Waals surface area contributed by atoms with Gasteiger partial charge >= 0.3 is 0 Å². The molecule has 4 aromatic rings. The van der Waals surface area contributed by atoms with Crippen molar-refractivity contribution in [3.63, 3.8) is 0 Å². The van der Waals surface area contributed by atoms with Crippen molar-refractivity contribution in [1.82, 2.24) is 9.88 Å². The Kier molecular flexibility index (Phi) is 6.66. The summed E-state index contributed by atoms with van der Waals surface area (Å²) in [5.41, 5.74) is 1.34. The molecule has 3 heterocycles. The van der Waals surface area contributed by atoms with E-state index in [1.54, 1.807) is 71.8 Å². The maximum Gasteiger partial charge on any atom is 0.259 e. The van der Waals surface area contributed by atoms with Gasteiger partial charge in [-0.25, -0.2) is 13.6 Å². The molecule has 1 fully saturated rings. The Balaban J connectivity index is 1.34. The first-order valence-electron chi connectivity index (χ1n) is 12.7. The maximum absolute atomic E-state index is 14.7. The standard InChI is InChI=1S/C30H25FN4O3S/c31-24-9-3-1-7-22(24)20-35-25-19-21(12-13-27(25)39(38)26-10-4-2-8-23(26)30(35)37)29(36)34-17-15-33(16-18-34)28-11-5-6-14-32-28/h1-14,19H,15-18,20H2. The predicted octanol–water partition coefficient (Wildman–Crippen LogP) is 4.51. The molecule has 1 unspecified atom stereocenters. The van der Waals surface area contributed by atoms with Gasteiger partial charge in [-0.2, -0.15) is 0 Å².